The number of furan rings is 1. The normalized spacial score (nSPS) is 10.3. The lowest BCUT2D eigenvalue weighted by molar-refractivity contribution is 0.298. The smallest absolute Gasteiger partial charge is 0.246 e. The molecule has 21 heavy (non-hydrogen) atoms. The highest BCUT2D eigenvalue weighted by molar-refractivity contribution is 5.86. The third-order valence-electron chi connectivity index (χ3n) is 2.98. The summed E-state index contributed by atoms with van der Waals surface area (Å²) in [6.45, 7) is 0.217. The van der Waals surface area contributed by atoms with Crippen LogP contribution in [0.1, 0.15) is 11.5 Å². The summed E-state index contributed by atoms with van der Waals surface area (Å²) in [4.78, 5) is 8.38. The first-order chi connectivity index (χ1) is 10.3. The van der Waals surface area contributed by atoms with Gasteiger partial charge in [-0.25, -0.2) is 4.98 Å². The molecular formula is C15H12N4O2. The Morgan fingerprint density at radius 1 is 1.29 bits per heavy atom. The van der Waals surface area contributed by atoms with Crippen molar-refractivity contribution in [1.29, 1.82) is 5.26 Å². The van der Waals surface area contributed by atoms with Crippen LogP contribution in [0.4, 0.5) is 5.82 Å². The van der Waals surface area contributed by atoms with E-state index in [0.717, 1.165) is 5.39 Å². The zero-order valence-electron chi connectivity index (χ0n) is 11.3. The van der Waals surface area contributed by atoms with Crippen LogP contribution >= 0.6 is 0 Å². The minimum atomic E-state index is 0.163. The van der Waals surface area contributed by atoms with E-state index in [0.29, 0.717) is 22.8 Å². The molecule has 0 fully saturated rings. The monoisotopic (exact) mass is 280 g/mol. The number of aromatic nitrogens is 2. The van der Waals surface area contributed by atoms with Gasteiger partial charge in [0, 0.05) is 7.05 Å². The highest BCUT2D eigenvalue weighted by Gasteiger charge is 2.15. The van der Waals surface area contributed by atoms with Crippen molar-refractivity contribution in [3.05, 3.63) is 48.1 Å². The quantitative estimate of drug-likeness (QED) is 0.791. The van der Waals surface area contributed by atoms with Crippen LogP contribution in [0.2, 0.25) is 0 Å². The summed E-state index contributed by atoms with van der Waals surface area (Å²) in [6.07, 6.45) is 3.25. The van der Waals surface area contributed by atoms with E-state index < -0.39 is 0 Å². The fourth-order valence-electron chi connectivity index (χ4n) is 1.94. The van der Waals surface area contributed by atoms with Gasteiger partial charge in [0.05, 0.1) is 23.5 Å². The number of ether oxygens (including phenoxy) is 1. The molecule has 0 atom stereocenters. The van der Waals surface area contributed by atoms with Crippen LogP contribution < -0.4 is 10.1 Å². The Labute approximate surface area is 121 Å². The van der Waals surface area contributed by atoms with Gasteiger partial charge < -0.3 is 14.5 Å². The van der Waals surface area contributed by atoms with Crippen LogP contribution in [0, 0.1) is 11.3 Å². The molecule has 1 aromatic carbocycles. The summed E-state index contributed by atoms with van der Waals surface area (Å²) in [7, 11) is 1.77. The van der Waals surface area contributed by atoms with Gasteiger partial charge in [-0.1, -0.05) is 12.1 Å². The van der Waals surface area contributed by atoms with Gasteiger partial charge >= 0.3 is 0 Å². The number of para-hydroxylation sites is 1. The van der Waals surface area contributed by atoms with E-state index >= 15 is 0 Å². The SMILES string of the molecule is CNc1cnc(COc2c(C#N)oc3ccccc23)cn1. The van der Waals surface area contributed by atoms with Gasteiger partial charge in [-0.2, -0.15) is 5.26 Å². The van der Waals surface area contributed by atoms with Crippen molar-refractivity contribution in [2.45, 2.75) is 6.61 Å². The Morgan fingerprint density at radius 3 is 2.86 bits per heavy atom. The fourth-order valence-corrected chi connectivity index (χ4v) is 1.94. The maximum absolute atomic E-state index is 9.12. The van der Waals surface area contributed by atoms with Crippen LogP contribution in [0.25, 0.3) is 11.0 Å². The fraction of sp³-hybridized carbons (Fsp3) is 0.133. The first-order valence-electron chi connectivity index (χ1n) is 6.35. The van der Waals surface area contributed by atoms with Gasteiger partial charge in [0.1, 0.15) is 24.1 Å². The van der Waals surface area contributed by atoms with E-state index in [-0.39, 0.29) is 12.4 Å². The third-order valence-corrected chi connectivity index (χ3v) is 2.98. The number of fused-ring (bicyclic) bond motifs is 1. The zero-order valence-corrected chi connectivity index (χ0v) is 11.3. The molecular weight excluding hydrogens is 268 g/mol. The average molecular weight is 280 g/mol. The van der Waals surface area contributed by atoms with Crippen LogP contribution in [-0.4, -0.2) is 17.0 Å². The van der Waals surface area contributed by atoms with Gasteiger partial charge in [-0.05, 0) is 12.1 Å². The summed E-state index contributed by atoms with van der Waals surface area (Å²) >= 11 is 0. The molecule has 6 heteroatoms. The predicted octanol–water partition coefficient (Wildman–Crippen LogP) is 2.72. The number of nitrogens with zero attached hydrogens (tertiary/aromatic N) is 3. The number of rotatable bonds is 4. The molecule has 0 spiro atoms. The summed E-state index contributed by atoms with van der Waals surface area (Å²) in [5.74, 6) is 1.29. The number of anilines is 1. The lowest BCUT2D eigenvalue weighted by atomic mass is 10.2. The van der Waals surface area contributed by atoms with Crippen molar-refractivity contribution in [1.82, 2.24) is 9.97 Å². The van der Waals surface area contributed by atoms with Gasteiger partial charge in [-0.3, -0.25) is 4.98 Å². The van der Waals surface area contributed by atoms with E-state index in [2.05, 4.69) is 15.3 Å². The van der Waals surface area contributed by atoms with Crippen LogP contribution in [0.5, 0.6) is 5.75 Å². The maximum Gasteiger partial charge on any atom is 0.246 e. The number of hydrogen-bond donors (Lipinski definition) is 1. The lowest BCUT2D eigenvalue weighted by Gasteiger charge is -2.04. The van der Waals surface area contributed by atoms with Gasteiger partial charge in [0.25, 0.3) is 0 Å². The second kappa shape index (κ2) is 5.51. The van der Waals surface area contributed by atoms with Crippen molar-refractivity contribution < 1.29 is 9.15 Å². The lowest BCUT2D eigenvalue weighted by Crippen LogP contribution is -2.01. The van der Waals surface area contributed by atoms with E-state index in [1.165, 1.54) is 0 Å². The molecule has 104 valence electrons. The van der Waals surface area contributed by atoms with Crippen LogP contribution in [0.3, 0.4) is 0 Å². The van der Waals surface area contributed by atoms with Crippen LogP contribution in [-0.2, 0) is 6.61 Å². The molecule has 6 nitrogen and oxygen atoms in total. The number of hydrogen-bond acceptors (Lipinski definition) is 6. The van der Waals surface area contributed by atoms with Crippen molar-refractivity contribution in [3.8, 4) is 11.8 Å². The number of benzene rings is 1. The maximum atomic E-state index is 9.12. The molecule has 0 radical (unpaired) electrons. The van der Waals surface area contributed by atoms with Crippen molar-refractivity contribution in [3.63, 3.8) is 0 Å². The second-order valence-electron chi connectivity index (χ2n) is 4.30. The van der Waals surface area contributed by atoms with Crippen molar-refractivity contribution in [2.75, 3.05) is 12.4 Å². The molecule has 1 N–H and O–H groups in total. The van der Waals surface area contributed by atoms with E-state index in [4.69, 9.17) is 14.4 Å². The first kappa shape index (κ1) is 12.9. The Balaban J connectivity index is 1.85. The van der Waals surface area contributed by atoms with E-state index in [1.807, 2.05) is 24.3 Å². The molecule has 0 aliphatic carbocycles. The summed E-state index contributed by atoms with van der Waals surface area (Å²) < 4.78 is 11.1. The summed E-state index contributed by atoms with van der Waals surface area (Å²) in [5, 5.41) is 12.8. The number of nitrogens with one attached hydrogen (secondary N) is 1. The van der Waals surface area contributed by atoms with Gasteiger partial charge in [0.15, 0.2) is 5.75 Å². The third kappa shape index (κ3) is 2.49. The Morgan fingerprint density at radius 2 is 2.14 bits per heavy atom. The molecule has 2 heterocycles. The molecule has 0 unspecified atom stereocenters. The summed E-state index contributed by atoms with van der Waals surface area (Å²) in [5.41, 5.74) is 1.30. The zero-order chi connectivity index (χ0) is 14.7. The highest BCUT2D eigenvalue weighted by atomic mass is 16.5. The molecule has 0 saturated heterocycles. The topological polar surface area (TPSA) is 84.0 Å². The molecule has 0 aliphatic rings. The molecule has 0 saturated carbocycles. The minimum Gasteiger partial charge on any atom is -0.482 e. The van der Waals surface area contributed by atoms with E-state index in [9.17, 15) is 0 Å². The largest absolute Gasteiger partial charge is 0.482 e. The first-order valence-corrected chi connectivity index (χ1v) is 6.35. The summed E-state index contributed by atoms with van der Waals surface area (Å²) in [6, 6.07) is 9.36. The molecule has 0 aliphatic heterocycles. The van der Waals surface area contributed by atoms with Gasteiger partial charge in [0.2, 0.25) is 5.76 Å². The Kier molecular flexibility index (Phi) is 3.39. The highest BCUT2D eigenvalue weighted by Crippen LogP contribution is 2.32. The Bertz CT molecular complexity index is 803. The minimum absolute atomic E-state index is 0.163. The molecule has 2 aromatic heterocycles. The average Bonchev–Trinajstić information content (AvgIpc) is 2.91. The second-order valence-corrected chi connectivity index (χ2v) is 4.30. The molecule has 3 rings (SSSR count). The van der Waals surface area contributed by atoms with Gasteiger partial charge in [-0.15, -0.1) is 0 Å². The van der Waals surface area contributed by atoms with Crippen molar-refractivity contribution >= 4 is 16.8 Å². The Hall–Kier alpha value is -3.07. The van der Waals surface area contributed by atoms with Crippen LogP contribution in [0.15, 0.2) is 41.1 Å². The van der Waals surface area contributed by atoms with Crippen molar-refractivity contribution in [2.24, 2.45) is 0 Å². The molecule has 0 amide bonds. The molecule has 3 aromatic rings. The number of nitriles is 1. The predicted molar refractivity (Wildman–Crippen MR) is 76.8 cm³/mol. The molecule has 0 bridgehead atoms. The standard InChI is InChI=1S/C15H12N4O2/c1-17-14-8-18-10(7-19-14)9-20-15-11-4-2-3-5-12(11)21-13(15)6-16/h2-5,7-8H,9H2,1H3,(H,17,19). The van der Waals surface area contributed by atoms with E-state index in [1.54, 1.807) is 25.5 Å².